The molecule has 1 saturated heterocycles. The third kappa shape index (κ3) is 8.15. The molecule has 1 rings (SSSR count). The van der Waals surface area contributed by atoms with Gasteiger partial charge in [-0.3, -0.25) is 9.69 Å². The van der Waals surface area contributed by atoms with Gasteiger partial charge in [0.05, 0.1) is 18.7 Å². The Kier molecular flexibility index (Phi) is 8.99. The van der Waals surface area contributed by atoms with E-state index in [-0.39, 0.29) is 31.1 Å². The fraction of sp³-hybridized carbons (Fsp3) is 0.938. The Labute approximate surface area is 146 Å². The van der Waals surface area contributed by atoms with Crippen molar-refractivity contribution in [2.75, 3.05) is 39.3 Å². The lowest BCUT2D eigenvalue weighted by Gasteiger charge is -2.43. The Morgan fingerprint density at radius 2 is 2.00 bits per heavy atom. The first-order valence-corrected chi connectivity index (χ1v) is 9.21. The van der Waals surface area contributed by atoms with Gasteiger partial charge in [0.25, 0.3) is 5.66 Å². The van der Waals surface area contributed by atoms with Crippen molar-refractivity contribution < 1.29 is 18.3 Å². The van der Waals surface area contributed by atoms with Gasteiger partial charge in [-0.05, 0) is 34.1 Å². The third-order valence-corrected chi connectivity index (χ3v) is 4.27. The summed E-state index contributed by atoms with van der Waals surface area (Å²) in [7, 11) is 1.63. The Morgan fingerprint density at radius 1 is 1.33 bits per heavy atom. The lowest BCUT2D eigenvalue weighted by molar-refractivity contribution is -0.126. The van der Waals surface area contributed by atoms with Gasteiger partial charge in [-0.2, -0.15) is 0 Å². The van der Waals surface area contributed by atoms with Gasteiger partial charge in [-0.15, -0.1) is 0 Å². The first-order chi connectivity index (χ1) is 11.1. The van der Waals surface area contributed by atoms with Crippen molar-refractivity contribution in [2.45, 2.75) is 58.0 Å². The van der Waals surface area contributed by atoms with Crippen LogP contribution in [0.2, 0.25) is 0 Å². The molecule has 142 valence electrons. The average Bonchev–Trinajstić information content (AvgIpc) is 2.42. The number of nitrogens with zero attached hydrogens (tertiary/aromatic N) is 2. The van der Waals surface area contributed by atoms with Gasteiger partial charge in [0, 0.05) is 38.8 Å². The fourth-order valence-corrected chi connectivity index (χ4v) is 3.11. The van der Waals surface area contributed by atoms with Crippen LogP contribution in [0.3, 0.4) is 0 Å². The minimum absolute atomic E-state index is 0.00899. The van der Waals surface area contributed by atoms with Crippen LogP contribution in [0.15, 0.2) is 0 Å². The molecule has 0 radical (unpaired) electrons. The van der Waals surface area contributed by atoms with Gasteiger partial charge in [-0.1, -0.05) is 9.24 Å². The number of carbonyl (C=O) groups excluding carboxylic acids is 1. The molecule has 0 bridgehead atoms. The second-order valence-electron chi connectivity index (χ2n) is 6.96. The predicted molar refractivity (Wildman–Crippen MR) is 95.4 cm³/mol. The molecule has 0 aromatic rings. The molecule has 1 fully saturated rings. The standard InChI is InChI=1S/C16H32F2N3O2P/c1-12(2)19-15(22)11-21-8-7-20(6-5-9-23-13(3)4)10-14(21)16(17,18)24/h12-14H,5-11,24H2,1-4H3,(H,19,22). The number of alkyl halides is 2. The van der Waals surface area contributed by atoms with Crippen LogP contribution in [0.1, 0.15) is 34.1 Å². The molecule has 2 unspecified atom stereocenters. The van der Waals surface area contributed by atoms with E-state index in [0.717, 1.165) is 13.0 Å². The summed E-state index contributed by atoms with van der Waals surface area (Å²) in [6.45, 7) is 10.5. The zero-order chi connectivity index (χ0) is 18.3. The number of halogens is 2. The summed E-state index contributed by atoms with van der Waals surface area (Å²) in [5.74, 6) is -0.206. The molecule has 1 amide bonds. The van der Waals surface area contributed by atoms with Crippen LogP contribution in [-0.4, -0.2) is 78.9 Å². The normalized spacial score (nSPS) is 20.8. The molecule has 2 atom stereocenters. The molecule has 0 aromatic heterocycles. The Hall–Kier alpha value is -0.360. The second kappa shape index (κ2) is 9.95. The molecule has 8 heteroatoms. The number of hydrogen-bond donors (Lipinski definition) is 1. The zero-order valence-electron chi connectivity index (χ0n) is 15.2. The average molecular weight is 367 g/mol. The Bertz CT molecular complexity index is 392. The lowest BCUT2D eigenvalue weighted by Crippen LogP contribution is -2.60. The van der Waals surface area contributed by atoms with Crippen molar-refractivity contribution >= 4 is 15.1 Å². The van der Waals surface area contributed by atoms with Crippen LogP contribution < -0.4 is 5.32 Å². The largest absolute Gasteiger partial charge is 0.379 e. The number of amides is 1. The molecule has 5 nitrogen and oxygen atoms in total. The molecule has 1 N–H and O–H groups in total. The van der Waals surface area contributed by atoms with Gasteiger partial charge >= 0.3 is 0 Å². The maximum Gasteiger partial charge on any atom is 0.275 e. The number of nitrogens with one attached hydrogen (secondary N) is 1. The van der Waals surface area contributed by atoms with E-state index in [1.165, 1.54) is 0 Å². The van der Waals surface area contributed by atoms with E-state index in [1.807, 2.05) is 32.6 Å². The molecule has 0 saturated carbocycles. The smallest absolute Gasteiger partial charge is 0.275 e. The van der Waals surface area contributed by atoms with Crippen LogP contribution >= 0.6 is 9.24 Å². The summed E-state index contributed by atoms with van der Waals surface area (Å²) in [5, 5.41) is 2.76. The van der Waals surface area contributed by atoms with Crippen molar-refractivity contribution in [2.24, 2.45) is 0 Å². The zero-order valence-corrected chi connectivity index (χ0v) is 16.4. The molecule has 0 aromatic carbocycles. The quantitative estimate of drug-likeness (QED) is 0.498. The van der Waals surface area contributed by atoms with E-state index >= 15 is 0 Å². The van der Waals surface area contributed by atoms with Crippen molar-refractivity contribution in [3.63, 3.8) is 0 Å². The van der Waals surface area contributed by atoms with E-state index in [0.29, 0.717) is 19.7 Å². The summed E-state index contributed by atoms with van der Waals surface area (Å²) in [5.41, 5.74) is -2.93. The molecule has 24 heavy (non-hydrogen) atoms. The molecule has 1 heterocycles. The van der Waals surface area contributed by atoms with Gasteiger partial charge in [0.15, 0.2) is 0 Å². The van der Waals surface area contributed by atoms with Crippen LogP contribution in [-0.2, 0) is 9.53 Å². The SMILES string of the molecule is CC(C)NC(=O)CN1CCN(CCCOC(C)C)CC1C(F)(F)P. The van der Waals surface area contributed by atoms with E-state index in [9.17, 15) is 13.6 Å². The molecular formula is C16H32F2N3O2P. The van der Waals surface area contributed by atoms with E-state index in [1.54, 1.807) is 14.1 Å². The summed E-state index contributed by atoms with van der Waals surface area (Å²) >= 11 is 0. The van der Waals surface area contributed by atoms with Crippen LogP contribution in [0, 0.1) is 0 Å². The predicted octanol–water partition coefficient (Wildman–Crippen LogP) is 1.78. The molecule has 0 aliphatic carbocycles. The minimum Gasteiger partial charge on any atom is -0.379 e. The van der Waals surface area contributed by atoms with Crippen molar-refractivity contribution in [3.05, 3.63) is 0 Å². The molecule has 0 spiro atoms. The maximum atomic E-state index is 14.0. The molecule has 1 aliphatic rings. The number of rotatable bonds is 9. The molecular weight excluding hydrogens is 335 g/mol. The summed E-state index contributed by atoms with van der Waals surface area (Å²) < 4.78 is 33.4. The number of ether oxygens (including phenoxy) is 1. The minimum atomic E-state index is -2.93. The first-order valence-electron chi connectivity index (χ1n) is 8.63. The van der Waals surface area contributed by atoms with Crippen molar-refractivity contribution in [3.8, 4) is 0 Å². The topological polar surface area (TPSA) is 44.8 Å². The Balaban J connectivity index is 2.53. The van der Waals surface area contributed by atoms with Gasteiger partial charge < -0.3 is 15.0 Å². The summed E-state index contributed by atoms with van der Waals surface area (Å²) in [6, 6.07) is -0.963. The third-order valence-electron chi connectivity index (χ3n) is 3.89. The summed E-state index contributed by atoms with van der Waals surface area (Å²) in [4.78, 5) is 15.5. The number of carbonyl (C=O) groups is 1. The highest BCUT2D eigenvalue weighted by Crippen LogP contribution is 2.32. The van der Waals surface area contributed by atoms with Crippen LogP contribution in [0.25, 0.3) is 0 Å². The highest BCUT2D eigenvalue weighted by Gasteiger charge is 2.42. The van der Waals surface area contributed by atoms with Gasteiger partial charge in [0.2, 0.25) is 5.91 Å². The van der Waals surface area contributed by atoms with Crippen LogP contribution in [0.5, 0.6) is 0 Å². The van der Waals surface area contributed by atoms with Gasteiger partial charge in [-0.25, -0.2) is 8.78 Å². The highest BCUT2D eigenvalue weighted by molar-refractivity contribution is 7.18. The highest BCUT2D eigenvalue weighted by atomic mass is 31.0. The van der Waals surface area contributed by atoms with E-state index in [4.69, 9.17) is 4.74 Å². The fourth-order valence-electron chi connectivity index (χ4n) is 2.79. The molecule has 1 aliphatic heterocycles. The maximum absolute atomic E-state index is 14.0. The second-order valence-corrected chi connectivity index (χ2v) is 7.73. The monoisotopic (exact) mass is 367 g/mol. The Morgan fingerprint density at radius 3 is 2.54 bits per heavy atom. The number of hydrogen-bond acceptors (Lipinski definition) is 4. The van der Waals surface area contributed by atoms with E-state index < -0.39 is 11.7 Å². The van der Waals surface area contributed by atoms with Gasteiger partial charge in [0.1, 0.15) is 0 Å². The van der Waals surface area contributed by atoms with Crippen molar-refractivity contribution in [1.82, 2.24) is 15.1 Å². The van der Waals surface area contributed by atoms with Crippen molar-refractivity contribution in [1.29, 1.82) is 0 Å². The lowest BCUT2D eigenvalue weighted by atomic mass is 10.1. The van der Waals surface area contributed by atoms with E-state index in [2.05, 4.69) is 5.32 Å². The number of piperazine rings is 1. The first kappa shape index (κ1) is 21.7. The summed E-state index contributed by atoms with van der Waals surface area (Å²) in [6.07, 6.45) is 1.01. The van der Waals surface area contributed by atoms with Crippen LogP contribution in [0.4, 0.5) is 8.78 Å².